The Balaban J connectivity index is 2.67. The SMILES string of the molecule is OCc1cc2cc(I)ccc2s1. The molecule has 0 fully saturated rings. The summed E-state index contributed by atoms with van der Waals surface area (Å²) in [7, 11) is 0. The van der Waals surface area contributed by atoms with E-state index in [0.717, 1.165) is 4.88 Å². The van der Waals surface area contributed by atoms with Gasteiger partial charge in [0.05, 0.1) is 6.61 Å². The van der Waals surface area contributed by atoms with Crippen LogP contribution >= 0.6 is 33.9 Å². The maximum absolute atomic E-state index is 8.92. The Kier molecular flexibility index (Phi) is 2.34. The van der Waals surface area contributed by atoms with Crippen LogP contribution in [0.2, 0.25) is 0 Å². The van der Waals surface area contributed by atoms with E-state index in [1.54, 1.807) is 11.3 Å². The van der Waals surface area contributed by atoms with Gasteiger partial charge in [0.1, 0.15) is 0 Å². The van der Waals surface area contributed by atoms with E-state index in [2.05, 4.69) is 40.8 Å². The van der Waals surface area contributed by atoms with Crippen LogP contribution in [0.5, 0.6) is 0 Å². The second kappa shape index (κ2) is 3.32. The largest absolute Gasteiger partial charge is 0.391 e. The first-order valence-corrected chi connectivity index (χ1v) is 5.48. The zero-order chi connectivity index (χ0) is 8.55. The molecule has 1 aromatic heterocycles. The fourth-order valence-electron chi connectivity index (χ4n) is 1.15. The molecule has 0 bridgehead atoms. The summed E-state index contributed by atoms with van der Waals surface area (Å²) >= 11 is 3.94. The van der Waals surface area contributed by atoms with Gasteiger partial charge in [-0.25, -0.2) is 0 Å². The quantitative estimate of drug-likeness (QED) is 0.800. The van der Waals surface area contributed by atoms with Gasteiger partial charge in [0.2, 0.25) is 0 Å². The summed E-state index contributed by atoms with van der Waals surface area (Å²) in [4.78, 5) is 1.03. The average molecular weight is 290 g/mol. The zero-order valence-electron chi connectivity index (χ0n) is 6.25. The number of rotatable bonds is 1. The summed E-state index contributed by atoms with van der Waals surface area (Å²) in [5.41, 5.74) is 0. The van der Waals surface area contributed by atoms with Gasteiger partial charge < -0.3 is 5.11 Å². The van der Waals surface area contributed by atoms with Crippen molar-refractivity contribution < 1.29 is 5.11 Å². The highest BCUT2D eigenvalue weighted by atomic mass is 127. The van der Waals surface area contributed by atoms with Crippen molar-refractivity contribution in [1.82, 2.24) is 0 Å². The number of hydrogen-bond donors (Lipinski definition) is 1. The highest BCUT2D eigenvalue weighted by Crippen LogP contribution is 2.26. The minimum atomic E-state index is 0.149. The van der Waals surface area contributed by atoms with Crippen LogP contribution in [0.25, 0.3) is 10.1 Å². The van der Waals surface area contributed by atoms with Gasteiger partial charge in [0.15, 0.2) is 0 Å². The minimum Gasteiger partial charge on any atom is -0.391 e. The lowest BCUT2D eigenvalue weighted by Gasteiger charge is -1.88. The monoisotopic (exact) mass is 290 g/mol. The van der Waals surface area contributed by atoms with Gasteiger partial charge in [-0.3, -0.25) is 0 Å². The lowest BCUT2D eigenvalue weighted by molar-refractivity contribution is 0.285. The van der Waals surface area contributed by atoms with Crippen molar-refractivity contribution >= 4 is 44.0 Å². The van der Waals surface area contributed by atoms with Crippen LogP contribution in [0, 0.1) is 3.57 Å². The van der Waals surface area contributed by atoms with Gasteiger partial charge >= 0.3 is 0 Å². The van der Waals surface area contributed by atoms with E-state index in [0.29, 0.717) is 0 Å². The normalized spacial score (nSPS) is 10.8. The molecule has 2 aromatic rings. The lowest BCUT2D eigenvalue weighted by atomic mass is 10.2. The van der Waals surface area contributed by atoms with Crippen LogP contribution in [-0.4, -0.2) is 5.11 Å². The van der Waals surface area contributed by atoms with Crippen molar-refractivity contribution in [3.63, 3.8) is 0 Å². The van der Waals surface area contributed by atoms with Crippen LogP contribution in [0.15, 0.2) is 24.3 Å². The Hall–Kier alpha value is -0.130. The van der Waals surface area contributed by atoms with Gasteiger partial charge in [0.25, 0.3) is 0 Å². The van der Waals surface area contributed by atoms with Crippen LogP contribution in [0.4, 0.5) is 0 Å². The van der Waals surface area contributed by atoms with Crippen molar-refractivity contribution in [2.75, 3.05) is 0 Å². The van der Waals surface area contributed by atoms with E-state index in [4.69, 9.17) is 5.11 Å². The Morgan fingerprint density at radius 3 is 2.92 bits per heavy atom. The standard InChI is InChI=1S/C9H7IOS/c10-7-1-2-9-6(3-7)4-8(5-11)12-9/h1-4,11H,5H2. The second-order valence-electron chi connectivity index (χ2n) is 2.55. The lowest BCUT2D eigenvalue weighted by Crippen LogP contribution is -1.70. The Morgan fingerprint density at radius 2 is 2.17 bits per heavy atom. The van der Waals surface area contributed by atoms with E-state index < -0.39 is 0 Å². The summed E-state index contributed by atoms with van der Waals surface area (Å²) in [5, 5.41) is 10.1. The molecule has 62 valence electrons. The molecule has 12 heavy (non-hydrogen) atoms. The number of aliphatic hydroxyl groups excluding tert-OH is 1. The van der Waals surface area contributed by atoms with E-state index in [9.17, 15) is 0 Å². The number of halogens is 1. The molecule has 0 aliphatic carbocycles. The smallest absolute Gasteiger partial charge is 0.0774 e. The number of benzene rings is 1. The molecular weight excluding hydrogens is 283 g/mol. The molecule has 1 aromatic carbocycles. The summed E-state index contributed by atoms with van der Waals surface area (Å²) < 4.78 is 2.49. The third-order valence-electron chi connectivity index (χ3n) is 1.69. The molecule has 1 N–H and O–H groups in total. The van der Waals surface area contributed by atoms with Crippen molar-refractivity contribution in [3.8, 4) is 0 Å². The fraction of sp³-hybridized carbons (Fsp3) is 0.111. The van der Waals surface area contributed by atoms with E-state index in [1.807, 2.05) is 6.07 Å². The first-order valence-electron chi connectivity index (χ1n) is 3.58. The molecule has 0 spiro atoms. The third-order valence-corrected chi connectivity index (χ3v) is 3.46. The molecule has 0 aliphatic heterocycles. The molecule has 1 nitrogen and oxygen atoms in total. The maximum atomic E-state index is 8.92. The van der Waals surface area contributed by atoms with Crippen molar-refractivity contribution in [2.45, 2.75) is 6.61 Å². The van der Waals surface area contributed by atoms with Crippen LogP contribution in [0.3, 0.4) is 0 Å². The Bertz CT molecular complexity index is 408. The predicted octanol–water partition coefficient (Wildman–Crippen LogP) is 3.00. The number of fused-ring (bicyclic) bond motifs is 1. The molecule has 0 aliphatic rings. The van der Waals surface area contributed by atoms with Crippen molar-refractivity contribution in [1.29, 1.82) is 0 Å². The molecule has 3 heteroatoms. The van der Waals surface area contributed by atoms with Gasteiger partial charge in [-0.2, -0.15) is 0 Å². The highest BCUT2D eigenvalue weighted by molar-refractivity contribution is 14.1. The molecule has 0 atom stereocenters. The predicted molar refractivity (Wildman–Crippen MR) is 60.5 cm³/mol. The Labute approximate surface area is 88.2 Å². The van der Waals surface area contributed by atoms with E-state index >= 15 is 0 Å². The zero-order valence-corrected chi connectivity index (χ0v) is 9.22. The van der Waals surface area contributed by atoms with Gasteiger partial charge in [0, 0.05) is 13.1 Å². The highest BCUT2D eigenvalue weighted by Gasteiger charge is 2.00. The molecule has 2 rings (SSSR count). The second-order valence-corrected chi connectivity index (χ2v) is 4.97. The molecule has 0 saturated carbocycles. The Morgan fingerprint density at radius 1 is 1.33 bits per heavy atom. The topological polar surface area (TPSA) is 20.2 Å². The van der Waals surface area contributed by atoms with Crippen LogP contribution in [0.1, 0.15) is 4.88 Å². The molecule has 0 saturated heterocycles. The van der Waals surface area contributed by atoms with Gasteiger partial charge in [-0.1, -0.05) is 0 Å². The molecule has 0 amide bonds. The van der Waals surface area contributed by atoms with Gasteiger partial charge in [-0.05, 0) is 52.2 Å². The van der Waals surface area contributed by atoms with Crippen molar-refractivity contribution in [3.05, 3.63) is 32.7 Å². The fourth-order valence-corrected chi connectivity index (χ4v) is 2.57. The van der Waals surface area contributed by atoms with Gasteiger partial charge in [-0.15, -0.1) is 11.3 Å². The molecule has 0 radical (unpaired) electrons. The summed E-state index contributed by atoms with van der Waals surface area (Å²) in [6.45, 7) is 0.149. The maximum Gasteiger partial charge on any atom is 0.0774 e. The minimum absolute atomic E-state index is 0.149. The third kappa shape index (κ3) is 1.48. The number of thiophene rings is 1. The van der Waals surface area contributed by atoms with E-state index in [1.165, 1.54) is 13.7 Å². The van der Waals surface area contributed by atoms with Crippen LogP contribution in [-0.2, 0) is 6.61 Å². The van der Waals surface area contributed by atoms with Crippen molar-refractivity contribution in [2.24, 2.45) is 0 Å². The summed E-state index contributed by atoms with van der Waals surface area (Å²) in [6.07, 6.45) is 0. The molecule has 0 unspecified atom stereocenters. The summed E-state index contributed by atoms with van der Waals surface area (Å²) in [6, 6.07) is 8.36. The summed E-state index contributed by atoms with van der Waals surface area (Å²) in [5.74, 6) is 0. The first-order chi connectivity index (χ1) is 5.79. The first kappa shape index (κ1) is 8.47. The number of aliphatic hydroxyl groups is 1. The number of hydrogen-bond acceptors (Lipinski definition) is 2. The van der Waals surface area contributed by atoms with Crippen LogP contribution < -0.4 is 0 Å². The molecular formula is C9H7IOS. The average Bonchev–Trinajstić information content (AvgIpc) is 2.46. The molecule has 1 heterocycles. The van der Waals surface area contributed by atoms with E-state index in [-0.39, 0.29) is 6.61 Å².